The third kappa shape index (κ3) is 3.57. The summed E-state index contributed by atoms with van der Waals surface area (Å²) in [6.07, 6.45) is 0. The average Bonchev–Trinajstić information content (AvgIpc) is 2.69. The molecular weight excluding hydrogens is 403 g/mol. The van der Waals surface area contributed by atoms with Gasteiger partial charge in [0.05, 0.1) is 0 Å². The van der Waals surface area contributed by atoms with Crippen LogP contribution in [0.5, 0.6) is 5.75 Å². The van der Waals surface area contributed by atoms with E-state index in [1.807, 2.05) is 31.2 Å². The normalized spacial score (nSPS) is 11.5. The summed E-state index contributed by atoms with van der Waals surface area (Å²) in [5.41, 5.74) is 2.46. The minimum Gasteiger partial charge on any atom is -0.372 e. The molecule has 28 heavy (non-hydrogen) atoms. The van der Waals surface area contributed by atoms with Crippen LogP contribution >= 0.6 is 0 Å². The fourth-order valence-electron chi connectivity index (χ4n) is 2.38. The summed E-state index contributed by atoms with van der Waals surface area (Å²) in [5, 5.41) is 0. The molecule has 3 nitrogen and oxygen atoms in total. The maximum Gasteiger partial charge on any atom is 0.339 e. The summed E-state index contributed by atoms with van der Waals surface area (Å²) < 4.78 is 95.4. The first-order valence-corrected chi connectivity index (χ1v) is 9.15. The van der Waals surface area contributed by atoms with Gasteiger partial charge in [-0.05, 0) is 30.2 Å². The van der Waals surface area contributed by atoms with Crippen molar-refractivity contribution >= 4 is 10.1 Å². The molecule has 0 bridgehead atoms. The zero-order chi connectivity index (χ0) is 20.6. The van der Waals surface area contributed by atoms with E-state index < -0.39 is 49.8 Å². The predicted octanol–water partition coefficient (Wildman–Crippen LogP) is 5.13. The van der Waals surface area contributed by atoms with E-state index >= 15 is 0 Å². The van der Waals surface area contributed by atoms with Crippen molar-refractivity contribution in [2.75, 3.05) is 0 Å². The van der Waals surface area contributed by atoms with E-state index in [0.717, 1.165) is 23.3 Å². The van der Waals surface area contributed by atoms with Crippen molar-refractivity contribution in [1.82, 2.24) is 0 Å². The summed E-state index contributed by atoms with van der Waals surface area (Å²) in [7, 11) is -4.85. The monoisotopic (exact) mass is 414 g/mol. The number of hydrogen-bond acceptors (Lipinski definition) is 3. The largest absolute Gasteiger partial charge is 0.372 e. The Labute approximate surface area is 157 Å². The summed E-state index contributed by atoms with van der Waals surface area (Å²) in [6, 6.07) is 12.3. The lowest BCUT2D eigenvalue weighted by Crippen LogP contribution is -2.14. The van der Waals surface area contributed by atoms with Crippen molar-refractivity contribution in [3.05, 3.63) is 83.2 Å². The summed E-state index contributed by atoms with van der Waals surface area (Å²) >= 11 is 0. The topological polar surface area (TPSA) is 43.4 Å². The smallest absolute Gasteiger partial charge is 0.339 e. The SMILES string of the molecule is Cc1ccc(-c2ccc(S(=O)(=O)Oc3c(F)c(F)c(F)c(F)c3F)cc2)cc1. The van der Waals surface area contributed by atoms with E-state index in [9.17, 15) is 30.4 Å². The Balaban J connectivity index is 1.95. The maximum absolute atomic E-state index is 13.7. The number of rotatable bonds is 4. The molecule has 0 heterocycles. The minimum atomic E-state index is -4.85. The van der Waals surface area contributed by atoms with Gasteiger partial charge in [-0.3, -0.25) is 0 Å². The lowest BCUT2D eigenvalue weighted by atomic mass is 10.0. The Bertz CT molecular complexity index is 1110. The molecule has 0 unspecified atom stereocenters. The molecule has 0 aromatic heterocycles. The fraction of sp³-hybridized carbons (Fsp3) is 0.0526. The van der Waals surface area contributed by atoms with Crippen LogP contribution in [0.4, 0.5) is 22.0 Å². The number of benzene rings is 3. The molecule has 3 rings (SSSR count). The second kappa shape index (κ2) is 7.23. The quantitative estimate of drug-likeness (QED) is 0.257. The maximum atomic E-state index is 13.7. The second-order valence-electron chi connectivity index (χ2n) is 5.83. The van der Waals surface area contributed by atoms with Crippen LogP contribution in [0.25, 0.3) is 11.1 Å². The fourth-order valence-corrected chi connectivity index (χ4v) is 3.31. The van der Waals surface area contributed by atoms with Crippen LogP contribution in [0, 0.1) is 36.0 Å². The van der Waals surface area contributed by atoms with E-state index in [4.69, 9.17) is 0 Å². The molecule has 0 aliphatic carbocycles. The van der Waals surface area contributed by atoms with E-state index in [0.29, 0.717) is 5.56 Å². The van der Waals surface area contributed by atoms with Gasteiger partial charge in [-0.2, -0.15) is 17.2 Å². The lowest BCUT2D eigenvalue weighted by molar-refractivity contribution is 0.346. The van der Waals surface area contributed by atoms with Gasteiger partial charge >= 0.3 is 10.1 Å². The van der Waals surface area contributed by atoms with Gasteiger partial charge in [0.25, 0.3) is 0 Å². The van der Waals surface area contributed by atoms with Crippen LogP contribution in [-0.4, -0.2) is 8.42 Å². The Morgan fingerprint density at radius 1 is 0.643 bits per heavy atom. The van der Waals surface area contributed by atoms with Gasteiger partial charge in [-0.25, -0.2) is 13.2 Å². The molecule has 0 saturated heterocycles. The zero-order valence-corrected chi connectivity index (χ0v) is 15.0. The van der Waals surface area contributed by atoms with Crippen LogP contribution in [0.3, 0.4) is 0 Å². The molecule has 0 N–H and O–H groups in total. The van der Waals surface area contributed by atoms with E-state index in [2.05, 4.69) is 4.18 Å². The van der Waals surface area contributed by atoms with Gasteiger partial charge in [0, 0.05) is 0 Å². The van der Waals surface area contributed by atoms with Crippen LogP contribution < -0.4 is 4.18 Å². The molecule has 0 saturated carbocycles. The summed E-state index contributed by atoms with van der Waals surface area (Å²) in [4.78, 5) is -0.521. The Morgan fingerprint density at radius 2 is 1.04 bits per heavy atom. The van der Waals surface area contributed by atoms with Crippen molar-refractivity contribution in [3.63, 3.8) is 0 Å². The number of halogens is 5. The Morgan fingerprint density at radius 3 is 1.50 bits per heavy atom. The van der Waals surface area contributed by atoms with Gasteiger partial charge < -0.3 is 4.18 Å². The van der Waals surface area contributed by atoms with E-state index in [-0.39, 0.29) is 0 Å². The van der Waals surface area contributed by atoms with Gasteiger partial charge in [-0.1, -0.05) is 42.0 Å². The molecule has 3 aromatic rings. The molecule has 0 fully saturated rings. The molecular formula is C19H11F5O3S. The Hall–Kier alpha value is -2.94. The van der Waals surface area contributed by atoms with E-state index in [1.54, 1.807) is 0 Å². The highest BCUT2D eigenvalue weighted by molar-refractivity contribution is 7.87. The lowest BCUT2D eigenvalue weighted by Gasteiger charge is -2.11. The molecule has 9 heteroatoms. The molecule has 0 radical (unpaired) electrons. The van der Waals surface area contributed by atoms with Gasteiger partial charge in [0.1, 0.15) is 4.90 Å². The molecule has 0 aliphatic heterocycles. The third-order valence-electron chi connectivity index (χ3n) is 3.89. The predicted molar refractivity (Wildman–Crippen MR) is 90.7 cm³/mol. The van der Waals surface area contributed by atoms with Crippen LogP contribution in [0.1, 0.15) is 5.56 Å². The van der Waals surface area contributed by atoms with Crippen molar-refractivity contribution in [3.8, 4) is 16.9 Å². The van der Waals surface area contributed by atoms with Crippen molar-refractivity contribution in [1.29, 1.82) is 0 Å². The number of aryl methyl sites for hydroxylation is 1. The van der Waals surface area contributed by atoms with Crippen LogP contribution in [-0.2, 0) is 10.1 Å². The first kappa shape index (κ1) is 19.8. The summed E-state index contributed by atoms with van der Waals surface area (Å²) in [6.45, 7) is 1.90. The molecule has 0 atom stereocenters. The van der Waals surface area contributed by atoms with Crippen LogP contribution in [0.2, 0.25) is 0 Å². The van der Waals surface area contributed by atoms with Gasteiger partial charge in [0.2, 0.25) is 34.8 Å². The first-order valence-electron chi connectivity index (χ1n) is 7.75. The molecule has 146 valence electrons. The van der Waals surface area contributed by atoms with Gasteiger partial charge in [0.15, 0.2) is 0 Å². The minimum absolute atomic E-state index is 0.521. The van der Waals surface area contributed by atoms with Crippen molar-refractivity contribution < 1.29 is 34.6 Å². The average molecular weight is 414 g/mol. The Kier molecular flexibility index (Phi) is 5.12. The molecule has 0 amide bonds. The van der Waals surface area contributed by atoms with E-state index in [1.165, 1.54) is 12.1 Å². The highest BCUT2D eigenvalue weighted by atomic mass is 32.2. The second-order valence-corrected chi connectivity index (χ2v) is 7.37. The first-order chi connectivity index (χ1) is 13.1. The van der Waals surface area contributed by atoms with Crippen molar-refractivity contribution in [2.24, 2.45) is 0 Å². The zero-order valence-electron chi connectivity index (χ0n) is 14.1. The molecule has 3 aromatic carbocycles. The third-order valence-corrected chi connectivity index (χ3v) is 5.13. The van der Waals surface area contributed by atoms with Gasteiger partial charge in [-0.15, -0.1) is 0 Å². The number of hydrogen-bond donors (Lipinski definition) is 0. The molecule has 0 spiro atoms. The van der Waals surface area contributed by atoms with Crippen molar-refractivity contribution in [2.45, 2.75) is 11.8 Å². The molecule has 0 aliphatic rings. The highest BCUT2D eigenvalue weighted by Gasteiger charge is 2.30. The standard InChI is InChI=1S/C19H11F5O3S/c1-10-2-4-11(5-3-10)12-6-8-13(9-7-12)28(25,26)27-19-17(23)15(21)14(20)16(22)18(19)24/h2-9H,1H3. The van der Waals surface area contributed by atoms with Crippen LogP contribution in [0.15, 0.2) is 53.4 Å². The highest BCUT2D eigenvalue weighted by Crippen LogP contribution is 2.31. The summed E-state index contributed by atoms with van der Waals surface area (Å²) in [5.74, 6) is -13.7.